The molecule has 1 aliphatic heterocycles. The van der Waals surface area contributed by atoms with Crippen LogP contribution in [0.4, 0.5) is 0 Å². The molecule has 1 N–H and O–H groups in total. The zero-order valence-corrected chi connectivity index (χ0v) is 11.4. The molecule has 1 saturated heterocycles. The Labute approximate surface area is 110 Å². The van der Waals surface area contributed by atoms with Gasteiger partial charge in [0.2, 0.25) is 11.8 Å². The summed E-state index contributed by atoms with van der Waals surface area (Å²) in [6.45, 7) is 1.86. The van der Waals surface area contributed by atoms with Crippen molar-refractivity contribution in [2.75, 3.05) is 25.2 Å². The Hall–Kier alpha value is -1.24. The molecule has 1 rings (SSSR count). The molecular weight excluding hydrogens is 256 g/mol. The lowest BCUT2D eigenvalue weighted by Crippen LogP contribution is -2.47. The number of hydrogen-bond acceptors (Lipinski definition) is 4. The number of carboxylic acid groups (broad SMARTS) is 1. The van der Waals surface area contributed by atoms with Crippen LogP contribution in [0.2, 0.25) is 0 Å². The monoisotopic (exact) mass is 274 g/mol. The highest BCUT2D eigenvalue weighted by atomic mass is 32.2. The number of nitrogens with zero attached hydrogens (tertiary/aromatic N) is 2. The fraction of sp³-hybridized carbons (Fsp3) is 0.727. The van der Waals surface area contributed by atoms with E-state index in [0.717, 1.165) is 0 Å². The first-order chi connectivity index (χ1) is 8.43. The molecule has 0 aromatic heterocycles. The normalized spacial score (nSPS) is 18.8. The van der Waals surface area contributed by atoms with Gasteiger partial charge in [0.1, 0.15) is 6.04 Å². The molecule has 1 unspecified atom stereocenters. The Morgan fingerprint density at radius 3 is 2.67 bits per heavy atom. The third kappa shape index (κ3) is 3.90. The molecule has 2 amide bonds. The molecule has 1 fully saturated rings. The van der Waals surface area contributed by atoms with Gasteiger partial charge in [-0.15, -0.1) is 11.8 Å². The fourth-order valence-electron chi connectivity index (χ4n) is 1.79. The zero-order chi connectivity index (χ0) is 13.7. The third-order valence-corrected chi connectivity index (χ3v) is 3.84. The van der Waals surface area contributed by atoms with Crippen LogP contribution in [0.5, 0.6) is 0 Å². The van der Waals surface area contributed by atoms with E-state index in [4.69, 9.17) is 5.11 Å². The summed E-state index contributed by atoms with van der Waals surface area (Å²) in [7, 11) is 1.64. The van der Waals surface area contributed by atoms with Crippen molar-refractivity contribution in [3.63, 3.8) is 0 Å². The Kier molecular flexibility index (Phi) is 5.46. The summed E-state index contributed by atoms with van der Waals surface area (Å²) >= 11 is 1.56. The summed E-state index contributed by atoms with van der Waals surface area (Å²) in [5.41, 5.74) is 0. The first kappa shape index (κ1) is 14.8. The second kappa shape index (κ2) is 6.63. The highest BCUT2D eigenvalue weighted by Crippen LogP contribution is 2.22. The van der Waals surface area contributed by atoms with E-state index >= 15 is 0 Å². The number of carbonyl (C=O) groups excluding carboxylic acids is 2. The topological polar surface area (TPSA) is 77.9 Å². The van der Waals surface area contributed by atoms with E-state index in [9.17, 15) is 14.4 Å². The number of hydrogen-bond donors (Lipinski definition) is 1. The van der Waals surface area contributed by atoms with E-state index in [-0.39, 0.29) is 18.2 Å². The Balaban J connectivity index is 2.47. The maximum absolute atomic E-state index is 12.1. The number of amides is 2. The van der Waals surface area contributed by atoms with Crippen LogP contribution in [0.15, 0.2) is 0 Å². The maximum Gasteiger partial charge on any atom is 0.303 e. The summed E-state index contributed by atoms with van der Waals surface area (Å²) in [4.78, 5) is 36.9. The van der Waals surface area contributed by atoms with Gasteiger partial charge in [-0.1, -0.05) is 0 Å². The second-order valence-electron chi connectivity index (χ2n) is 4.26. The van der Waals surface area contributed by atoms with Crippen LogP contribution in [0, 0.1) is 0 Å². The molecule has 1 heterocycles. The van der Waals surface area contributed by atoms with E-state index in [1.54, 1.807) is 23.7 Å². The van der Waals surface area contributed by atoms with Crippen LogP contribution in [-0.4, -0.2) is 64.0 Å². The van der Waals surface area contributed by atoms with Crippen molar-refractivity contribution in [1.29, 1.82) is 0 Å². The number of aliphatic carboxylic acids is 1. The summed E-state index contributed by atoms with van der Waals surface area (Å²) in [5.74, 6) is 0.0895. The Morgan fingerprint density at radius 1 is 1.44 bits per heavy atom. The lowest BCUT2D eigenvalue weighted by Gasteiger charge is -2.26. The number of carboxylic acids is 1. The Bertz CT molecular complexity index is 348. The van der Waals surface area contributed by atoms with Crippen LogP contribution in [-0.2, 0) is 14.4 Å². The van der Waals surface area contributed by atoms with E-state index in [0.29, 0.717) is 24.6 Å². The van der Waals surface area contributed by atoms with Crippen LogP contribution in [0.3, 0.4) is 0 Å². The van der Waals surface area contributed by atoms with Gasteiger partial charge in [0.15, 0.2) is 0 Å². The van der Waals surface area contributed by atoms with Crippen molar-refractivity contribution >= 4 is 29.5 Å². The van der Waals surface area contributed by atoms with Gasteiger partial charge in [0, 0.05) is 32.7 Å². The molecule has 18 heavy (non-hydrogen) atoms. The van der Waals surface area contributed by atoms with Gasteiger partial charge in [-0.3, -0.25) is 14.4 Å². The predicted octanol–water partition coefficient (Wildman–Crippen LogP) is 0.231. The molecule has 102 valence electrons. The van der Waals surface area contributed by atoms with Crippen molar-refractivity contribution in [3.8, 4) is 0 Å². The number of rotatable bonds is 5. The molecule has 6 nitrogen and oxygen atoms in total. The van der Waals surface area contributed by atoms with Gasteiger partial charge in [0.05, 0.1) is 5.88 Å². The quantitative estimate of drug-likeness (QED) is 0.776. The molecule has 0 aliphatic carbocycles. The van der Waals surface area contributed by atoms with Crippen molar-refractivity contribution in [2.45, 2.75) is 25.8 Å². The highest BCUT2D eigenvalue weighted by molar-refractivity contribution is 7.99. The molecule has 0 saturated carbocycles. The van der Waals surface area contributed by atoms with Gasteiger partial charge in [-0.25, -0.2) is 0 Å². The van der Waals surface area contributed by atoms with Crippen molar-refractivity contribution in [3.05, 3.63) is 0 Å². The number of likely N-dealkylation sites (N-methyl/N-ethyl adjacent to an activating group) is 1. The van der Waals surface area contributed by atoms with Crippen LogP contribution in [0.1, 0.15) is 19.8 Å². The first-order valence-corrected chi connectivity index (χ1v) is 6.90. The van der Waals surface area contributed by atoms with Crippen molar-refractivity contribution < 1.29 is 19.5 Å². The molecular formula is C11H18N2O4S. The standard InChI is InChI=1S/C11H18N2O4S/c1-8(14)13-7-18-6-9(13)11(17)12(2)5-3-4-10(15)16/h9H,3-7H2,1-2H3,(H,15,16). The van der Waals surface area contributed by atoms with Crippen molar-refractivity contribution in [2.24, 2.45) is 0 Å². The third-order valence-electron chi connectivity index (χ3n) is 2.83. The number of carbonyl (C=O) groups is 3. The van der Waals surface area contributed by atoms with Gasteiger partial charge >= 0.3 is 5.97 Å². The minimum atomic E-state index is -0.863. The summed E-state index contributed by atoms with van der Waals surface area (Å²) < 4.78 is 0. The molecule has 0 bridgehead atoms. The highest BCUT2D eigenvalue weighted by Gasteiger charge is 2.34. The summed E-state index contributed by atoms with van der Waals surface area (Å²) in [6, 6.07) is -0.401. The molecule has 1 aliphatic rings. The smallest absolute Gasteiger partial charge is 0.303 e. The predicted molar refractivity (Wildman–Crippen MR) is 68.1 cm³/mol. The molecule has 0 aromatic carbocycles. The SMILES string of the molecule is CC(=O)N1CSCC1C(=O)N(C)CCCC(=O)O. The summed E-state index contributed by atoms with van der Waals surface area (Å²) in [5, 5.41) is 8.53. The Morgan fingerprint density at radius 2 is 2.11 bits per heavy atom. The molecule has 0 aromatic rings. The average molecular weight is 274 g/mol. The molecule has 0 spiro atoms. The lowest BCUT2D eigenvalue weighted by atomic mass is 10.2. The maximum atomic E-state index is 12.1. The first-order valence-electron chi connectivity index (χ1n) is 5.75. The average Bonchev–Trinajstić information content (AvgIpc) is 2.76. The van der Waals surface area contributed by atoms with E-state index in [1.807, 2.05) is 0 Å². The minimum absolute atomic E-state index is 0.0491. The van der Waals surface area contributed by atoms with Gasteiger partial charge in [-0.2, -0.15) is 0 Å². The van der Waals surface area contributed by atoms with Crippen LogP contribution < -0.4 is 0 Å². The fourth-order valence-corrected chi connectivity index (χ4v) is 3.00. The molecule has 1 atom stereocenters. The second-order valence-corrected chi connectivity index (χ2v) is 5.26. The van der Waals surface area contributed by atoms with Gasteiger partial charge < -0.3 is 14.9 Å². The molecule has 0 radical (unpaired) electrons. The minimum Gasteiger partial charge on any atom is -0.481 e. The molecule has 7 heteroatoms. The zero-order valence-electron chi connectivity index (χ0n) is 10.6. The van der Waals surface area contributed by atoms with Crippen LogP contribution >= 0.6 is 11.8 Å². The van der Waals surface area contributed by atoms with E-state index in [1.165, 1.54) is 11.8 Å². The lowest BCUT2D eigenvalue weighted by molar-refractivity contribution is -0.142. The number of thioether (sulfide) groups is 1. The van der Waals surface area contributed by atoms with E-state index in [2.05, 4.69) is 0 Å². The van der Waals surface area contributed by atoms with Gasteiger partial charge in [0.25, 0.3) is 0 Å². The van der Waals surface area contributed by atoms with Gasteiger partial charge in [-0.05, 0) is 6.42 Å². The van der Waals surface area contributed by atoms with Crippen LogP contribution in [0.25, 0.3) is 0 Å². The summed E-state index contributed by atoms with van der Waals surface area (Å²) in [6.07, 6.45) is 0.477. The van der Waals surface area contributed by atoms with E-state index < -0.39 is 12.0 Å². The largest absolute Gasteiger partial charge is 0.481 e. The van der Waals surface area contributed by atoms with Crippen molar-refractivity contribution in [1.82, 2.24) is 9.80 Å².